The first kappa shape index (κ1) is 12.4. The lowest BCUT2D eigenvalue weighted by atomic mass is 10.1. The zero-order chi connectivity index (χ0) is 13.4. The highest BCUT2D eigenvalue weighted by atomic mass is 79.9. The van der Waals surface area contributed by atoms with Gasteiger partial charge in [0.2, 0.25) is 5.89 Å². The van der Waals surface area contributed by atoms with Gasteiger partial charge >= 0.3 is 0 Å². The molecule has 0 unspecified atom stereocenters. The highest BCUT2D eigenvalue weighted by molar-refractivity contribution is 9.10. The highest BCUT2D eigenvalue weighted by Crippen LogP contribution is 2.28. The van der Waals surface area contributed by atoms with Crippen molar-refractivity contribution in [2.45, 2.75) is 20.3 Å². The van der Waals surface area contributed by atoms with E-state index in [-0.39, 0.29) is 0 Å². The van der Waals surface area contributed by atoms with E-state index in [1.807, 2.05) is 18.2 Å². The summed E-state index contributed by atoms with van der Waals surface area (Å²) in [4.78, 5) is 4.58. The molecule has 0 spiro atoms. The van der Waals surface area contributed by atoms with Crippen molar-refractivity contribution in [1.29, 1.82) is 0 Å². The predicted molar refractivity (Wildman–Crippen MR) is 81.3 cm³/mol. The largest absolute Gasteiger partial charge is 0.436 e. The molecule has 0 aliphatic heterocycles. The number of benzene rings is 2. The molecular formula is C16H14BrNO. The van der Waals surface area contributed by atoms with Gasteiger partial charge in [-0.05, 0) is 54.8 Å². The number of halogens is 1. The molecule has 0 bridgehead atoms. The molecule has 0 atom stereocenters. The summed E-state index contributed by atoms with van der Waals surface area (Å²) in [6.45, 7) is 4.20. The third kappa shape index (κ3) is 2.30. The molecule has 0 saturated carbocycles. The van der Waals surface area contributed by atoms with E-state index in [1.54, 1.807) is 0 Å². The van der Waals surface area contributed by atoms with Gasteiger partial charge in [-0.1, -0.05) is 28.9 Å². The van der Waals surface area contributed by atoms with Crippen LogP contribution in [0.1, 0.15) is 18.1 Å². The Kier molecular flexibility index (Phi) is 3.15. The molecule has 0 fully saturated rings. The summed E-state index contributed by atoms with van der Waals surface area (Å²) in [5.74, 6) is 0.679. The Balaban J connectivity index is 2.11. The average Bonchev–Trinajstić information content (AvgIpc) is 2.84. The molecule has 2 nitrogen and oxygen atoms in total. The van der Waals surface area contributed by atoms with Crippen molar-refractivity contribution in [3.63, 3.8) is 0 Å². The Morgan fingerprint density at radius 3 is 2.74 bits per heavy atom. The van der Waals surface area contributed by atoms with Crippen molar-refractivity contribution in [2.24, 2.45) is 0 Å². The van der Waals surface area contributed by atoms with E-state index < -0.39 is 0 Å². The Bertz CT molecular complexity index is 746. The van der Waals surface area contributed by atoms with Gasteiger partial charge in [0, 0.05) is 10.0 Å². The van der Waals surface area contributed by atoms with Gasteiger partial charge in [0.15, 0.2) is 5.58 Å². The minimum atomic E-state index is 0.679. The fraction of sp³-hybridized carbons (Fsp3) is 0.188. The summed E-state index contributed by atoms with van der Waals surface area (Å²) in [5.41, 5.74) is 5.23. The zero-order valence-electron chi connectivity index (χ0n) is 10.9. The van der Waals surface area contributed by atoms with Crippen LogP contribution in [-0.2, 0) is 6.42 Å². The Hall–Kier alpha value is -1.61. The number of aromatic nitrogens is 1. The Morgan fingerprint density at radius 1 is 1.16 bits per heavy atom. The van der Waals surface area contributed by atoms with Crippen molar-refractivity contribution in [3.05, 3.63) is 52.0 Å². The highest BCUT2D eigenvalue weighted by Gasteiger charge is 2.09. The van der Waals surface area contributed by atoms with Gasteiger partial charge in [-0.2, -0.15) is 0 Å². The topological polar surface area (TPSA) is 26.0 Å². The Labute approximate surface area is 120 Å². The van der Waals surface area contributed by atoms with Gasteiger partial charge in [-0.25, -0.2) is 4.98 Å². The first-order valence-corrected chi connectivity index (χ1v) is 7.12. The van der Waals surface area contributed by atoms with Crippen molar-refractivity contribution in [2.75, 3.05) is 0 Å². The van der Waals surface area contributed by atoms with Crippen LogP contribution in [-0.4, -0.2) is 4.98 Å². The summed E-state index contributed by atoms with van der Waals surface area (Å²) in [7, 11) is 0. The van der Waals surface area contributed by atoms with Gasteiger partial charge in [0.05, 0.1) is 0 Å². The lowest BCUT2D eigenvalue weighted by Gasteiger charge is -1.99. The summed E-state index contributed by atoms with van der Waals surface area (Å²) >= 11 is 3.50. The van der Waals surface area contributed by atoms with Crippen LogP contribution in [0, 0.1) is 6.92 Å². The summed E-state index contributed by atoms with van der Waals surface area (Å²) < 4.78 is 6.92. The molecule has 0 amide bonds. The minimum absolute atomic E-state index is 0.679. The minimum Gasteiger partial charge on any atom is -0.436 e. The van der Waals surface area contributed by atoms with E-state index in [1.165, 1.54) is 11.1 Å². The fourth-order valence-electron chi connectivity index (χ4n) is 2.09. The molecule has 1 heterocycles. The third-order valence-corrected chi connectivity index (χ3v) is 4.15. The number of oxazole rings is 1. The molecular weight excluding hydrogens is 302 g/mol. The molecule has 2 aromatic carbocycles. The molecule has 0 N–H and O–H groups in total. The second-order valence-electron chi connectivity index (χ2n) is 4.64. The number of rotatable bonds is 2. The van der Waals surface area contributed by atoms with E-state index in [0.717, 1.165) is 27.6 Å². The van der Waals surface area contributed by atoms with Gasteiger partial charge < -0.3 is 4.42 Å². The molecule has 19 heavy (non-hydrogen) atoms. The fourth-order valence-corrected chi connectivity index (χ4v) is 2.34. The first-order valence-electron chi connectivity index (χ1n) is 6.33. The van der Waals surface area contributed by atoms with E-state index in [0.29, 0.717) is 5.89 Å². The van der Waals surface area contributed by atoms with Crippen LogP contribution >= 0.6 is 15.9 Å². The lowest BCUT2D eigenvalue weighted by molar-refractivity contribution is 0.619. The SMILES string of the molecule is CCc1ccc2oc(-c3ccc(Br)c(C)c3)nc2c1. The van der Waals surface area contributed by atoms with Crippen molar-refractivity contribution in [3.8, 4) is 11.5 Å². The number of hydrogen-bond acceptors (Lipinski definition) is 2. The standard InChI is InChI=1S/C16H14BrNO/c1-3-11-4-7-15-14(9-11)18-16(19-15)12-5-6-13(17)10(2)8-12/h4-9H,3H2,1-2H3. The molecule has 1 aromatic heterocycles. The van der Waals surface area contributed by atoms with Crippen LogP contribution in [0.25, 0.3) is 22.6 Å². The van der Waals surface area contributed by atoms with Crippen LogP contribution in [0.2, 0.25) is 0 Å². The van der Waals surface area contributed by atoms with Gasteiger partial charge in [0.25, 0.3) is 0 Å². The molecule has 3 rings (SSSR count). The smallest absolute Gasteiger partial charge is 0.227 e. The van der Waals surface area contributed by atoms with Gasteiger partial charge in [-0.3, -0.25) is 0 Å². The maximum absolute atomic E-state index is 5.82. The van der Waals surface area contributed by atoms with Crippen LogP contribution in [0.4, 0.5) is 0 Å². The van der Waals surface area contributed by atoms with E-state index >= 15 is 0 Å². The van der Waals surface area contributed by atoms with E-state index in [4.69, 9.17) is 4.42 Å². The molecule has 0 aliphatic rings. The summed E-state index contributed by atoms with van der Waals surface area (Å²) in [6, 6.07) is 12.3. The van der Waals surface area contributed by atoms with Crippen molar-refractivity contribution in [1.82, 2.24) is 4.98 Å². The lowest BCUT2D eigenvalue weighted by Crippen LogP contribution is -1.81. The first-order chi connectivity index (χ1) is 9.17. The zero-order valence-corrected chi connectivity index (χ0v) is 12.5. The van der Waals surface area contributed by atoms with Crippen LogP contribution in [0.15, 0.2) is 45.3 Å². The molecule has 0 radical (unpaired) electrons. The Morgan fingerprint density at radius 2 is 2.00 bits per heavy atom. The van der Waals surface area contributed by atoms with E-state index in [2.05, 4.69) is 53.0 Å². The van der Waals surface area contributed by atoms with E-state index in [9.17, 15) is 0 Å². The van der Waals surface area contributed by atoms with Crippen molar-refractivity contribution >= 4 is 27.0 Å². The summed E-state index contributed by atoms with van der Waals surface area (Å²) in [6.07, 6.45) is 1.01. The van der Waals surface area contributed by atoms with Crippen LogP contribution in [0.5, 0.6) is 0 Å². The van der Waals surface area contributed by atoms with Gasteiger partial charge in [0.1, 0.15) is 5.52 Å². The second-order valence-corrected chi connectivity index (χ2v) is 5.49. The van der Waals surface area contributed by atoms with Crippen LogP contribution < -0.4 is 0 Å². The normalized spacial score (nSPS) is 11.1. The monoisotopic (exact) mass is 315 g/mol. The third-order valence-electron chi connectivity index (χ3n) is 3.27. The predicted octanol–water partition coefficient (Wildman–Crippen LogP) is 5.13. The molecule has 0 aliphatic carbocycles. The maximum Gasteiger partial charge on any atom is 0.227 e. The quantitative estimate of drug-likeness (QED) is 0.655. The number of hydrogen-bond donors (Lipinski definition) is 0. The summed E-state index contributed by atoms with van der Waals surface area (Å²) in [5, 5.41) is 0. The average molecular weight is 316 g/mol. The molecule has 3 heteroatoms. The molecule has 3 aromatic rings. The van der Waals surface area contributed by atoms with Crippen LogP contribution in [0.3, 0.4) is 0 Å². The number of aryl methyl sites for hydroxylation is 2. The van der Waals surface area contributed by atoms with Gasteiger partial charge in [-0.15, -0.1) is 0 Å². The molecule has 0 saturated heterocycles. The second kappa shape index (κ2) is 4.82. The maximum atomic E-state index is 5.82. The number of nitrogens with zero attached hydrogens (tertiary/aromatic N) is 1. The molecule has 96 valence electrons. The number of fused-ring (bicyclic) bond motifs is 1. The van der Waals surface area contributed by atoms with Crippen molar-refractivity contribution < 1.29 is 4.42 Å².